The highest BCUT2D eigenvalue weighted by Gasteiger charge is 2.38. The molecule has 11 heteroatoms. The molecule has 1 aliphatic rings. The van der Waals surface area contributed by atoms with E-state index in [1.54, 1.807) is 11.8 Å². The summed E-state index contributed by atoms with van der Waals surface area (Å²) in [5.74, 6) is 1.32. The Morgan fingerprint density at radius 1 is 1.11 bits per heavy atom. The second-order valence-electron chi connectivity index (χ2n) is 6.57. The minimum atomic E-state index is -4.99. The smallest absolute Gasteiger partial charge is 0.389 e. The summed E-state index contributed by atoms with van der Waals surface area (Å²) in [6.45, 7) is 2.25. The minimum absolute atomic E-state index is 0.00205. The van der Waals surface area contributed by atoms with E-state index in [0.717, 1.165) is 5.75 Å². The number of amides is 2. The van der Waals surface area contributed by atoms with Gasteiger partial charge in [0, 0.05) is 24.5 Å². The summed E-state index contributed by atoms with van der Waals surface area (Å²) >= 11 is 1.55. The van der Waals surface area contributed by atoms with Gasteiger partial charge in [0.25, 0.3) is 0 Å². The van der Waals surface area contributed by atoms with Crippen LogP contribution in [-0.4, -0.2) is 46.2 Å². The number of aliphatic hydroxyl groups is 1. The van der Waals surface area contributed by atoms with Crippen LogP contribution in [0.25, 0.3) is 0 Å². The van der Waals surface area contributed by atoms with Crippen molar-refractivity contribution < 1.29 is 36.2 Å². The molecule has 4 nitrogen and oxygen atoms in total. The van der Waals surface area contributed by atoms with Crippen LogP contribution in [0.4, 0.5) is 36.8 Å². The Bertz CT molecular complexity index is 668. The number of nitrogens with zero attached hydrogens (tertiary/aromatic N) is 1. The summed E-state index contributed by atoms with van der Waals surface area (Å²) < 4.78 is 77.4. The van der Waals surface area contributed by atoms with Crippen molar-refractivity contribution in [2.24, 2.45) is 0 Å². The number of alkyl halides is 6. The maximum absolute atomic E-state index is 12.9. The van der Waals surface area contributed by atoms with Gasteiger partial charge in [0.05, 0.1) is 16.7 Å². The van der Waals surface area contributed by atoms with Gasteiger partial charge in [-0.1, -0.05) is 6.92 Å². The van der Waals surface area contributed by atoms with E-state index in [0.29, 0.717) is 17.9 Å². The number of carbonyl (C=O) groups is 1. The molecular weight excluding hydrogens is 410 g/mol. The molecule has 1 saturated heterocycles. The fourth-order valence-corrected chi connectivity index (χ4v) is 3.66. The highest BCUT2D eigenvalue weighted by molar-refractivity contribution is 7.99. The number of rotatable bonds is 4. The SMILES string of the molecule is CCSCC1(O)CCN(C(=O)Nc2cc(C(F)(F)F)cc(C(F)(F)F)c2)CC1. The molecule has 0 radical (unpaired) electrons. The van der Waals surface area contributed by atoms with Gasteiger partial charge in [-0.15, -0.1) is 0 Å². The molecule has 1 aromatic rings. The van der Waals surface area contributed by atoms with E-state index in [4.69, 9.17) is 0 Å². The van der Waals surface area contributed by atoms with Crippen LogP contribution in [0.15, 0.2) is 18.2 Å². The Balaban J connectivity index is 2.12. The van der Waals surface area contributed by atoms with Gasteiger partial charge < -0.3 is 15.3 Å². The van der Waals surface area contributed by atoms with E-state index in [-0.39, 0.29) is 32.0 Å². The quantitative estimate of drug-likeness (QED) is 0.673. The molecular formula is C17H20F6N2O2S. The molecule has 1 aromatic carbocycles. The molecule has 0 saturated carbocycles. The zero-order valence-electron chi connectivity index (χ0n) is 15.0. The van der Waals surface area contributed by atoms with Gasteiger partial charge >= 0.3 is 18.4 Å². The third-order valence-corrected chi connectivity index (χ3v) is 5.54. The Morgan fingerprint density at radius 2 is 1.61 bits per heavy atom. The van der Waals surface area contributed by atoms with Gasteiger partial charge in [0.1, 0.15) is 0 Å². The molecule has 0 atom stereocenters. The van der Waals surface area contributed by atoms with Crippen LogP contribution in [0.3, 0.4) is 0 Å². The zero-order valence-corrected chi connectivity index (χ0v) is 15.8. The van der Waals surface area contributed by atoms with Crippen molar-refractivity contribution in [2.45, 2.75) is 37.7 Å². The molecule has 0 unspecified atom stereocenters. The Hall–Kier alpha value is -1.62. The van der Waals surface area contributed by atoms with Gasteiger partial charge in [-0.05, 0) is 36.8 Å². The normalized spacial score (nSPS) is 17.5. The van der Waals surface area contributed by atoms with E-state index >= 15 is 0 Å². The Morgan fingerprint density at radius 3 is 2.04 bits per heavy atom. The summed E-state index contributed by atoms with van der Waals surface area (Å²) in [5, 5.41) is 12.5. The molecule has 2 N–H and O–H groups in total. The molecule has 0 aliphatic carbocycles. The molecule has 28 heavy (non-hydrogen) atoms. The third-order valence-electron chi connectivity index (χ3n) is 4.40. The van der Waals surface area contributed by atoms with Crippen LogP contribution in [0.1, 0.15) is 30.9 Å². The molecule has 1 fully saturated rings. The number of piperidine rings is 1. The monoisotopic (exact) mass is 430 g/mol. The summed E-state index contributed by atoms with van der Waals surface area (Å²) in [6, 6.07) is 0.122. The molecule has 2 amide bonds. The van der Waals surface area contributed by atoms with Crippen LogP contribution < -0.4 is 5.32 Å². The fraction of sp³-hybridized carbons (Fsp3) is 0.588. The summed E-state index contributed by atoms with van der Waals surface area (Å²) in [7, 11) is 0. The van der Waals surface area contributed by atoms with Gasteiger partial charge in [-0.3, -0.25) is 0 Å². The molecule has 0 bridgehead atoms. The third kappa shape index (κ3) is 5.94. The van der Waals surface area contributed by atoms with Crippen LogP contribution in [0, 0.1) is 0 Å². The molecule has 158 valence electrons. The average Bonchev–Trinajstić information content (AvgIpc) is 2.59. The number of nitrogens with one attached hydrogen (secondary N) is 1. The summed E-state index contributed by atoms with van der Waals surface area (Å²) in [4.78, 5) is 13.5. The average molecular weight is 430 g/mol. The Kier molecular flexibility index (Phi) is 6.80. The largest absolute Gasteiger partial charge is 0.416 e. The number of hydrogen-bond donors (Lipinski definition) is 2. The standard InChI is InChI=1S/C17H20F6N2O2S/c1-2-28-10-15(27)3-5-25(6-4-15)14(26)24-13-8-11(16(18,19)20)7-12(9-13)17(21,22)23/h7-9,27H,2-6,10H2,1H3,(H,24,26). The van der Waals surface area contributed by atoms with Crippen molar-refractivity contribution in [3.05, 3.63) is 29.3 Å². The van der Waals surface area contributed by atoms with Crippen LogP contribution >= 0.6 is 11.8 Å². The predicted molar refractivity (Wildman–Crippen MR) is 94.2 cm³/mol. The molecule has 1 heterocycles. The van der Waals surface area contributed by atoms with Crippen LogP contribution in [0.5, 0.6) is 0 Å². The lowest BCUT2D eigenvalue weighted by molar-refractivity contribution is -0.143. The minimum Gasteiger partial charge on any atom is -0.389 e. The fourth-order valence-electron chi connectivity index (χ4n) is 2.79. The van der Waals surface area contributed by atoms with E-state index in [1.807, 2.05) is 6.92 Å². The number of benzene rings is 1. The topological polar surface area (TPSA) is 52.6 Å². The van der Waals surface area contributed by atoms with Crippen molar-refractivity contribution >= 4 is 23.5 Å². The lowest BCUT2D eigenvalue weighted by Gasteiger charge is -2.38. The highest BCUT2D eigenvalue weighted by atomic mass is 32.2. The predicted octanol–water partition coefficient (Wildman–Crippen LogP) is 4.84. The number of halogens is 6. The maximum Gasteiger partial charge on any atom is 0.416 e. The number of urea groups is 1. The number of hydrogen-bond acceptors (Lipinski definition) is 3. The van der Waals surface area contributed by atoms with Gasteiger partial charge in [0.2, 0.25) is 0 Å². The Labute approximate surface area is 162 Å². The number of likely N-dealkylation sites (tertiary alicyclic amines) is 1. The lowest BCUT2D eigenvalue weighted by Crippen LogP contribution is -2.49. The summed E-state index contributed by atoms with van der Waals surface area (Å²) in [5.41, 5.74) is -4.52. The van der Waals surface area contributed by atoms with E-state index < -0.39 is 40.8 Å². The molecule has 0 aromatic heterocycles. The first kappa shape index (κ1) is 22.7. The molecule has 2 rings (SSSR count). The number of carbonyl (C=O) groups excluding carboxylic acids is 1. The van der Waals surface area contributed by atoms with E-state index in [9.17, 15) is 36.2 Å². The molecule has 0 spiro atoms. The van der Waals surface area contributed by atoms with Gasteiger partial charge in [-0.2, -0.15) is 38.1 Å². The van der Waals surface area contributed by atoms with E-state index in [1.165, 1.54) is 4.90 Å². The van der Waals surface area contributed by atoms with Crippen LogP contribution in [0.2, 0.25) is 0 Å². The van der Waals surface area contributed by atoms with Crippen molar-refractivity contribution in [3.8, 4) is 0 Å². The van der Waals surface area contributed by atoms with Crippen molar-refractivity contribution in [2.75, 3.05) is 29.9 Å². The first-order valence-electron chi connectivity index (χ1n) is 8.49. The highest BCUT2D eigenvalue weighted by Crippen LogP contribution is 2.37. The number of anilines is 1. The second-order valence-corrected chi connectivity index (χ2v) is 7.85. The van der Waals surface area contributed by atoms with Crippen LogP contribution in [-0.2, 0) is 12.4 Å². The zero-order chi connectivity index (χ0) is 21.2. The molecule has 1 aliphatic heterocycles. The maximum atomic E-state index is 12.9. The van der Waals surface area contributed by atoms with E-state index in [2.05, 4.69) is 5.32 Å². The first-order valence-corrected chi connectivity index (χ1v) is 9.65. The van der Waals surface area contributed by atoms with Crippen molar-refractivity contribution in [1.82, 2.24) is 4.90 Å². The first-order chi connectivity index (χ1) is 12.8. The second kappa shape index (κ2) is 8.40. The van der Waals surface area contributed by atoms with Gasteiger partial charge in [-0.25, -0.2) is 4.79 Å². The van der Waals surface area contributed by atoms with Crippen molar-refractivity contribution in [3.63, 3.8) is 0 Å². The van der Waals surface area contributed by atoms with Crippen molar-refractivity contribution in [1.29, 1.82) is 0 Å². The number of thioether (sulfide) groups is 1. The summed E-state index contributed by atoms with van der Waals surface area (Å²) in [6.07, 6.45) is -9.41. The lowest BCUT2D eigenvalue weighted by atomic mass is 9.94. The van der Waals surface area contributed by atoms with Gasteiger partial charge in [0.15, 0.2) is 0 Å².